The van der Waals surface area contributed by atoms with Gasteiger partial charge in [0.25, 0.3) is 0 Å². The van der Waals surface area contributed by atoms with E-state index in [0.717, 1.165) is 110 Å². The van der Waals surface area contributed by atoms with E-state index in [9.17, 15) is 0 Å². The van der Waals surface area contributed by atoms with E-state index >= 15 is 0 Å². The highest BCUT2D eigenvalue weighted by atomic mass is 16.3. The quantitative estimate of drug-likeness (QED) is 0.169. The van der Waals surface area contributed by atoms with E-state index in [1.807, 2.05) is 72.8 Å². The summed E-state index contributed by atoms with van der Waals surface area (Å²) in [4.78, 5) is 0. The summed E-state index contributed by atoms with van der Waals surface area (Å²) in [7, 11) is 0. The van der Waals surface area contributed by atoms with E-state index in [1.54, 1.807) is 0 Å². The molecule has 10 aromatic carbocycles. The van der Waals surface area contributed by atoms with Crippen LogP contribution in [0.3, 0.4) is 0 Å². The average molecular weight is 718 g/mol. The Hall–Kier alpha value is -7.42. The molecule has 0 aliphatic carbocycles. The Bertz CT molecular complexity index is 3750. The number of furan rings is 2. The van der Waals surface area contributed by atoms with Gasteiger partial charge >= 0.3 is 0 Å². The molecule has 0 unspecified atom stereocenters. The van der Waals surface area contributed by atoms with Crippen LogP contribution in [0.2, 0.25) is 0 Å². The molecular formula is C54H32O2. The second-order valence-electron chi connectivity index (χ2n) is 14.4. The normalized spacial score (nSPS) is 13.2. The summed E-state index contributed by atoms with van der Waals surface area (Å²) >= 11 is 0. The molecule has 2 aromatic heterocycles. The zero-order valence-corrected chi connectivity index (χ0v) is 29.9. The topological polar surface area (TPSA) is 26.3 Å². The van der Waals surface area contributed by atoms with Crippen molar-refractivity contribution < 1.29 is 15.7 Å². The van der Waals surface area contributed by atoms with Crippen molar-refractivity contribution in [3.63, 3.8) is 0 Å². The second-order valence-corrected chi connectivity index (χ2v) is 14.4. The molecule has 2 heteroatoms. The summed E-state index contributed by atoms with van der Waals surface area (Å²) in [5.41, 5.74) is 9.97. The molecule has 0 fully saturated rings. The minimum Gasteiger partial charge on any atom is -0.455 e. The molecule has 0 N–H and O–H groups in total. The molecule has 2 heterocycles. The summed E-state index contributed by atoms with van der Waals surface area (Å²) in [6, 6.07) is 54.5. The summed E-state index contributed by atoms with van der Waals surface area (Å²) in [6.45, 7) is 0. The fraction of sp³-hybridized carbons (Fsp3) is 0. The van der Waals surface area contributed by atoms with Crippen LogP contribution in [0.1, 0.15) is 6.85 Å². The lowest BCUT2D eigenvalue weighted by molar-refractivity contribution is 0.665. The zero-order chi connectivity index (χ0) is 41.1. The van der Waals surface area contributed by atoms with Crippen molar-refractivity contribution in [3.8, 4) is 44.5 Å². The van der Waals surface area contributed by atoms with Gasteiger partial charge in [-0.25, -0.2) is 0 Å². The SMILES string of the molecule is [2H]c1c([2H])c([2H])c(-c2c3ccccc3c(-c3cc(-c4cc(-c5cccc6c5oc5ccccc56)c5oc6ccccc6c5c4)c4ccccc4c3)c3ccccc23)c([2H])c1[2H]. The first-order chi connectivity index (χ1) is 29.9. The van der Waals surface area contributed by atoms with Gasteiger partial charge in [0.1, 0.15) is 22.3 Å². The predicted octanol–water partition coefficient (Wildman–Crippen LogP) is 15.6. The van der Waals surface area contributed by atoms with Crippen LogP contribution in [0.5, 0.6) is 0 Å². The Morgan fingerprint density at radius 3 is 1.48 bits per heavy atom. The van der Waals surface area contributed by atoms with E-state index in [4.69, 9.17) is 15.7 Å². The fourth-order valence-corrected chi connectivity index (χ4v) is 8.92. The Morgan fingerprint density at radius 1 is 0.321 bits per heavy atom. The Labute approximate surface area is 329 Å². The van der Waals surface area contributed by atoms with E-state index in [1.165, 1.54) is 0 Å². The highest BCUT2D eigenvalue weighted by Gasteiger charge is 2.22. The summed E-state index contributed by atoms with van der Waals surface area (Å²) < 4.78 is 56.8. The largest absolute Gasteiger partial charge is 0.455 e. The van der Waals surface area contributed by atoms with Crippen molar-refractivity contribution in [1.29, 1.82) is 0 Å². The maximum atomic E-state index is 9.02. The molecule has 0 radical (unpaired) electrons. The molecule has 260 valence electrons. The Kier molecular flexibility index (Phi) is 5.67. The Balaban J connectivity index is 1.18. The first kappa shape index (κ1) is 26.4. The molecule has 12 aromatic rings. The van der Waals surface area contributed by atoms with Gasteiger partial charge in [0.15, 0.2) is 0 Å². The summed E-state index contributed by atoms with van der Waals surface area (Å²) in [5, 5.41) is 9.73. The molecule has 0 atom stereocenters. The van der Waals surface area contributed by atoms with Gasteiger partial charge in [-0.2, -0.15) is 0 Å². The van der Waals surface area contributed by atoms with Crippen LogP contribution in [0, 0.1) is 0 Å². The number of benzene rings is 10. The van der Waals surface area contributed by atoms with Crippen molar-refractivity contribution >= 4 is 76.2 Å². The molecule has 2 nitrogen and oxygen atoms in total. The van der Waals surface area contributed by atoms with Crippen molar-refractivity contribution in [2.45, 2.75) is 0 Å². The van der Waals surface area contributed by atoms with Crippen molar-refractivity contribution in [3.05, 3.63) is 194 Å². The number of hydrogen-bond donors (Lipinski definition) is 0. The molecule has 0 aliphatic rings. The van der Waals surface area contributed by atoms with Gasteiger partial charge in [0.05, 0.1) is 6.85 Å². The van der Waals surface area contributed by atoms with Crippen LogP contribution < -0.4 is 0 Å². The summed E-state index contributed by atoms with van der Waals surface area (Å²) in [6.07, 6.45) is 0. The average Bonchev–Trinajstić information content (AvgIpc) is 3.88. The molecule has 0 saturated carbocycles. The first-order valence-corrected chi connectivity index (χ1v) is 18.8. The maximum Gasteiger partial charge on any atom is 0.143 e. The third kappa shape index (κ3) is 4.57. The molecule has 0 aliphatic heterocycles. The number of fused-ring (bicyclic) bond motifs is 9. The molecule has 56 heavy (non-hydrogen) atoms. The molecule has 0 saturated heterocycles. The van der Waals surface area contributed by atoms with Crippen LogP contribution in [0.4, 0.5) is 0 Å². The first-order valence-electron chi connectivity index (χ1n) is 21.3. The third-order valence-electron chi connectivity index (χ3n) is 11.3. The standard InChI is InChI=1S/C54H32O2/c1-2-15-33(16-3-1)51-40-21-6-8-23-42(40)52(43-24-9-7-22-41(43)51)36-29-34-17-4-5-18-37(34)46(32-36)35-30-47-39-20-11-13-28-50(39)56-54(47)48(31-35)45-26-14-25-44-38-19-10-12-27-49(38)55-53(44)45/h1-32H/i1D,2D,3D,15D,16D. The molecule has 0 amide bonds. The van der Waals surface area contributed by atoms with E-state index < -0.39 is 6.04 Å². The Morgan fingerprint density at radius 2 is 0.821 bits per heavy atom. The van der Waals surface area contributed by atoms with E-state index in [-0.39, 0.29) is 29.7 Å². The van der Waals surface area contributed by atoms with Crippen LogP contribution in [0.15, 0.2) is 203 Å². The summed E-state index contributed by atoms with van der Waals surface area (Å²) in [5.74, 6) is 0. The predicted molar refractivity (Wildman–Crippen MR) is 235 cm³/mol. The van der Waals surface area contributed by atoms with Crippen LogP contribution in [-0.4, -0.2) is 0 Å². The highest BCUT2D eigenvalue weighted by molar-refractivity contribution is 6.23. The van der Waals surface area contributed by atoms with Crippen molar-refractivity contribution in [1.82, 2.24) is 0 Å². The van der Waals surface area contributed by atoms with Gasteiger partial charge in [-0.1, -0.05) is 158 Å². The fourth-order valence-electron chi connectivity index (χ4n) is 8.92. The minimum absolute atomic E-state index is 0.191. The van der Waals surface area contributed by atoms with Gasteiger partial charge < -0.3 is 8.83 Å². The number of hydrogen-bond acceptors (Lipinski definition) is 2. The lowest BCUT2D eigenvalue weighted by Gasteiger charge is -2.19. The highest BCUT2D eigenvalue weighted by Crippen LogP contribution is 2.48. The van der Waals surface area contributed by atoms with Gasteiger partial charge in [0.2, 0.25) is 0 Å². The van der Waals surface area contributed by atoms with E-state index in [2.05, 4.69) is 91.0 Å². The molecular weight excluding hydrogens is 681 g/mol. The monoisotopic (exact) mass is 717 g/mol. The van der Waals surface area contributed by atoms with Crippen molar-refractivity contribution in [2.24, 2.45) is 0 Å². The van der Waals surface area contributed by atoms with Gasteiger partial charge in [-0.15, -0.1) is 0 Å². The number of para-hydroxylation sites is 3. The van der Waals surface area contributed by atoms with Crippen LogP contribution in [-0.2, 0) is 0 Å². The number of rotatable bonds is 4. The van der Waals surface area contributed by atoms with Gasteiger partial charge in [-0.05, 0) is 102 Å². The lowest BCUT2D eigenvalue weighted by Crippen LogP contribution is -1.92. The maximum absolute atomic E-state index is 9.02. The molecule has 0 bridgehead atoms. The zero-order valence-electron chi connectivity index (χ0n) is 34.9. The van der Waals surface area contributed by atoms with Crippen LogP contribution in [0.25, 0.3) is 121 Å². The minimum atomic E-state index is -0.410. The molecule has 12 rings (SSSR count). The van der Waals surface area contributed by atoms with Crippen molar-refractivity contribution in [2.75, 3.05) is 0 Å². The van der Waals surface area contributed by atoms with Gasteiger partial charge in [0, 0.05) is 32.7 Å². The van der Waals surface area contributed by atoms with E-state index in [0.29, 0.717) is 5.56 Å². The third-order valence-corrected chi connectivity index (χ3v) is 11.3. The van der Waals surface area contributed by atoms with Gasteiger partial charge in [-0.3, -0.25) is 0 Å². The van der Waals surface area contributed by atoms with Crippen LogP contribution >= 0.6 is 0 Å². The second kappa shape index (κ2) is 12.0. The smallest absolute Gasteiger partial charge is 0.143 e. The lowest BCUT2D eigenvalue weighted by atomic mass is 9.84. The molecule has 0 spiro atoms.